The number of aromatic amines is 1. The molecule has 0 bridgehead atoms. The fourth-order valence-electron chi connectivity index (χ4n) is 4.39. The lowest BCUT2D eigenvalue weighted by molar-refractivity contribution is -0.122. The van der Waals surface area contributed by atoms with Gasteiger partial charge >= 0.3 is 0 Å². The highest BCUT2D eigenvalue weighted by molar-refractivity contribution is 6.03. The quantitative estimate of drug-likeness (QED) is 0.425. The number of fused-ring (bicyclic) bond motifs is 2. The minimum Gasteiger partial charge on any atom is -0.358 e. The molecular formula is C25H21N5O3. The van der Waals surface area contributed by atoms with Crippen LogP contribution in [-0.4, -0.2) is 39.1 Å². The monoisotopic (exact) mass is 439 g/mol. The van der Waals surface area contributed by atoms with Gasteiger partial charge in [0, 0.05) is 45.7 Å². The molecule has 1 atom stereocenters. The molecule has 2 aromatic carbocycles. The standard InChI is InChI=1S/C25H21N5O3/c1-15-22(19-8-4-5-9-20(19)27-15)23-17-6-2-3-7-18(17)25(33)30(23)14-21(31)28-29-24(32)16-10-12-26-13-11-16/h2-13,23,27H,14H2,1H3,(H,28,31)(H,29,32)/t23-/m0/s1. The predicted octanol–water partition coefficient (Wildman–Crippen LogP) is 2.88. The first-order chi connectivity index (χ1) is 16.0. The third-order valence-electron chi connectivity index (χ3n) is 5.85. The van der Waals surface area contributed by atoms with Crippen LogP contribution in [-0.2, 0) is 4.79 Å². The van der Waals surface area contributed by atoms with Crippen molar-refractivity contribution >= 4 is 28.6 Å². The Bertz CT molecular complexity index is 1380. The molecule has 1 aliphatic heterocycles. The Balaban J connectivity index is 1.43. The second-order valence-corrected chi connectivity index (χ2v) is 7.87. The molecule has 8 heteroatoms. The molecule has 0 spiro atoms. The zero-order valence-corrected chi connectivity index (χ0v) is 17.8. The van der Waals surface area contributed by atoms with Gasteiger partial charge in [-0.15, -0.1) is 0 Å². The van der Waals surface area contributed by atoms with Crippen molar-refractivity contribution < 1.29 is 14.4 Å². The van der Waals surface area contributed by atoms with Gasteiger partial charge in [-0.25, -0.2) is 0 Å². The number of benzene rings is 2. The average molecular weight is 439 g/mol. The molecule has 0 saturated heterocycles. The lowest BCUT2D eigenvalue weighted by Gasteiger charge is -2.25. The number of nitrogens with one attached hydrogen (secondary N) is 3. The molecule has 0 saturated carbocycles. The van der Waals surface area contributed by atoms with E-state index in [1.165, 1.54) is 24.5 Å². The molecule has 0 unspecified atom stereocenters. The van der Waals surface area contributed by atoms with Crippen molar-refractivity contribution in [2.75, 3.05) is 6.54 Å². The second-order valence-electron chi connectivity index (χ2n) is 7.87. The van der Waals surface area contributed by atoms with Gasteiger partial charge in [-0.1, -0.05) is 36.4 Å². The number of H-pyrrole nitrogens is 1. The fourth-order valence-corrected chi connectivity index (χ4v) is 4.39. The van der Waals surface area contributed by atoms with Crippen molar-refractivity contribution in [3.8, 4) is 0 Å². The number of amides is 3. The first kappa shape index (κ1) is 20.4. The third kappa shape index (κ3) is 3.61. The molecular weight excluding hydrogens is 418 g/mol. The number of carbonyl (C=O) groups is 3. The van der Waals surface area contributed by atoms with Crippen LogP contribution in [0.2, 0.25) is 0 Å². The summed E-state index contributed by atoms with van der Waals surface area (Å²) in [5.41, 5.74) is 9.44. The van der Waals surface area contributed by atoms with E-state index in [-0.39, 0.29) is 12.5 Å². The van der Waals surface area contributed by atoms with Crippen LogP contribution in [0.15, 0.2) is 73.1 Å². The van der Waals surface area contributed by atoms with E-state index in [0.29, 0.717) is 11.1 Å². The second kappa shape index (κ2) is 8.23. The van der Waals surface area contributed by atoms with E-state index in [1.54, 1.807) is 11.0 Å². The van der Waals surface area contributed by atoms with E-state index < -0.39 is 17.9 Å². The minimum absolute atomic E-state index is 0.215. The van der Waals surface area contributed by atoms with Crippen LogP contribution in [0.25, 0.3) is 10.9 Å². The van der Waals surface area contributed by atoms with Crippen LogP contribution in [0, 0.1) is 6.92 Å². The Morgan fingerprint density at radius 3 is 2.55 bits per heavy atom. The summed E-state index contributed by atoms with van der Waals surface area (Å²) in [5.74, 6) is -1.19. The van der Waals surface area contributed by atoms with Gasteiger partial charge in [0.25, 0.3) is 17.7 Å². The minimum atomic E-state index is -0.499. The maximum atomic E-state index is 13.3. The number of hydrazine groups is 1. The Morgan fingerprint density at radius 1 is 1.00 bits per heavy atom. The summed E-state index contributed by atoms with van der Waals surface area (Å²) in [6.07, 6.45) is 2.98. The van der Waals surface area contributed by atoms with Crippen molar-refractivity contribution in [3.63, 3.8) is 0 Å². The number of hydrogen-bond donors (Lipinski definition) is 3. The number of aromatic nitrogens is 2. The number of carbonyl (C=O) groups excluding carboxylic acids is 3. The van der Waals surface area contributed by atoms with E-state index in [2.05, 4.69) is 20.8 Å². The number of para-hydroxylation sites is 1. The average Bonchev–Trinajstić information content (AvgIpc) is 3.31. The molecule has 0 fully saturated rings. The highest BCUT2D eigenvalue weighted by Gasteiger charge is 2.40. The number of rotatable bonds is 4. The molecule has 3 amide bonds. The molecule has 3 N–H and O–H groups in total. The number of hydrogen-bond acceptors (Lipinski definition) is 4. The molecule has 0 aliphatic carbocycles. The van der Waals surface area contributed by atoms with Crippen LogP contribution in [0.5, 0.6) is 0 Å². The third-order valence-corrected chi connectivity index (χ3v) is 5.85. The van der Waals surface area contributed by atoms with Gasteiger partial charge in [-0.3, -0.25) is 30.2 Å². The molecule has 0 radical (unpaired) electrons. The topological polar surface area (TPSA) is 107 Å². The lowest BCUT2D eigenvalue weighted by Crippen LogP contribution is -2.47. The van der Waals surface area contributed by atoms with Crippen molar-refractivity contribution in [2.24, 2.45) is 0 Å². The number of pyridine rings is 1. The highest BCUT2D eigenvalue weighted by atomic mass is 16.2. The Morgan fingerprint density at radius 2 is 1.73 bits per heavy atom. The van der Waals surface area contributed by atoms with Gasteiger partial charge in [0.1, 0.15) is 6.54 Å². The first-order valence-corrected chi connectivity index (χ1v) is 10.5. The largest absolute Gasteiger partial charge is 0.358 e. The van der Waals surface area contributed by atoms with Gasteiger partial charge in [0.2, 0.25) is 0 Å². The first-order valence-electron chi connectivity index (χ1n) is 10.5. The summed E-state index contributed by atoms with van der Waals surface area (Å²) in [6, 6.07) is 17.9. The van der Waals surface area contributed by atoms with Crippen LogP contribution in [0.4, 0.5) is 0 Å². The predicted molar refractivity (Wildman–Crippen MR) is 122 cm³/mol. The van der Waals surface area contributed by atoms with E-state index in [9.17, 15) is 14.4 Å². The van der Waals surface area contributed by atoms with Crippen molar-refractivity contribution in [1.82, 2.24) is 25.7 Å². The van der Waals surface area contributed by atoms with Gasteiger partial charge in [0.05, 0.1) is 6.04 Å². The van der Waals surface area contributed by atoms with Crippen molar-refractivity contribution in [3.05, 3.63) is 101 Å². The summed E-state index contributed by atoms with van der Waals surface area (Å²) in [4.78, 5) is 47.1. The summed E-state index contributed by atoms with van der Waals surface area (Å²) >= 11 is 0. The fraction of sp³-hybridized carbons (Fsp3) is 0.120. The van der Waals surface area contributed by atoms with E-state index in [0.717, 1.165) is 27.7 Å². The summed E-state index contributed by atoms with van der Waals surface area (Å²) in [6.45, 7) is 1.75. The Kier molecular flexibility index (Phi) is 5.10. The smallest absolute Gasteiger partial charge is 0.269 e. The molecule has 2 aromatic heterocycles. The van der Waals surface area contributed by atoms with Crippen LogP contribution in [0.1, 0.15) is 43.6 Å². The van der Waals surface area contributed by atoms with Crippen molar-refractivity contribution in [2.45, 2.75) is 13.0 Å². The van der Waals surface area contributed by atoms with E-state index >= 15 is 0 Å². The van der Waals surface area contributed by atoms with Crippen LogP contribution < -0.4 is 10.9 Å². The van der Waals surface area contributed by atoms with Gasteiger partial charge in [-0.05, 0) is 36.8 Å². The van der Waals surface area contributed by atoms with Gasteiger partial charge in [0.15, 0.2) is 0 Å². The Hall–Kier alpha value is -4.46. The zero-order valence-electron chi connectivity index (χ0n) is 17.8. The van der Waals surface area contributed by atoms with Gasteiger partial charge < -0.3 is 9.88 Å². The van der Waals surface area contributed by atoms with Gasteiger partial charge in [-0.2, -0.15) is 0 Å². The summed E-state index contributed by atoms with van der Waals surface area (Å²) in [5, 5.41) is 1.00. The summed E-state index contributed by atoms with van der Waals surface area (Å²) < 4.78 is 0. The molecule has 33 heavy (non-hydrogen) atoms. The Labute approximate surface area is 189 Å². The number of aryl methyl sites for hydroxylation is 1. The van der Waals surface area contributed by atoms with Crippen LogP contribution >= 0.6 is 0 Å². The normalized spacial score (nSPS) is 14.9. The van der Waals surface area contributed by atoms with E-state index in [1.807, 2.05) is 49.4 Å². The molecule has 4 aromatic rings. The molecule has 8 nitrogen and oxygen atoms in total. The van der Waals surface area contributed by atoms with Crippen molar-refractivity contribution in [1.29, 1.82) is 0 Å². The molecule has 3 heterocycles. The molecule has 164 valence electrons. The molecule has 1 aliphatic rings. The number of nitrogens with zero attached hydrogens (tertiary/aromatic N) is 2. The SMILES string of the molecule is Cc1[nH]c2ccccc2c1[C@@H]1c2ccccc2C(=O)N1CC(=O)NNC(=O)c1ccncc1. The molecule has 5 rings (SSSR count). The van der Waals surface area contributed by atoms with Crippen LogP contribution in [0.3, 0.4) is 0 Å². The highest BCUT2D eigenvalue weighted by Crippen LogP contribution is 2.42. The zero-order chi connectivity index (χ0) is 22.9. The maximum absolute atomic E-state index is 13.3. The van der Waals surface area contributed by atoms with E-state index in [4.69, 9.17) is 0 Å². The summed E-state index contributed by atoms with van der Waals surface area (Å²) in [7, 11) is 0. The maximum Gasteiger partial charge on any atom is 0.269 e. The lowest BCUT2D eigenvalue weighted by atomic mass is 9.95.